The van der Waals surface area contributed by atoms with Crippen molar-refractivity contribution in [1.82, 2.24) is 4.31 Å². The van der Waals surface area contributed by atoms with Gasteiger partial charge in [0.25, 0.3) is 0 Å². The molecule has 0 saturated carbocycles. The van der Waals surface area contributed by atoms with Crippen molar-refractivity contribution in [1.29, 1.82) is 0 Å². The molecule has 0 N–H and O–H groups in total. The molecular formula is C17H18ClNO5S2. The summed E-state index contributed by atoms with van der Waals surface area (Å²) in [5, 5.41) is 0.0442. The maximum atomic E-state index is 12.3. The van der Waals surface area contributed by atoms with Crippen LogP contribution in [0.4, 0.5) is 0 Å². The molecule has 0 bridgehead atoms. The molecule has 0 atom stereocenters. The van der Waals surface area contributed by atoms with E-state index in [1.807, 2.05) is 13.8 Å². The Labute approximate surface area is 161 Å². The number of carbonyl (C=O) groups excluding carboxylic acids is 2. The topological polar surface area (TPSA) is 80.8 Å². The summed E-state index contributed by atoms with van der Waals surface area (Å²) in [4.78, 5) is 26.2. The van der Waals surface area contributed by atoms with E-state index >= 15 is 0 Å². The van der Waals surface area contributed by atoms with Gasteiger partial charge in [0.2, 0.25) is 15.8 Å². The lowest BCUT2D eigenvalue weighted by atomic mass is 10.2. The van der Waals surface area contributed by atoms with Gasteiger partial charge >= 0.3 is 5.97 Å². The summed E-state index contributed by atoms with van der Waals surface area (Å²) in [5.74, 6) is -1.18. The summed E-state index contributed by atoms with van der Waals surface area (Å²) in [6.45, 7) is 3.26. The van der Waals surface area contributed by atoms with E-state index in [0.29, 0.717) is 5.56 Å². The second-order valence-electron chi connectivity index (χ2n) is 5.76. The number of esters is 1. The van der Waals surface area contributed by atoms with Crippen LogP contribution in [0.15, 0.2) is 29.2 Å². The van der Waals surface area contributed by atoms with Crippen molar-refractivity contribution in [2.24, 2.45) is 0 Å². The Kier molecular flexibility index (Phi) is 6.23. The second kappa shape index (κ2) is 7.87. The van der Waals surface area contributed by atoms with Gasteiger partial charge in [-0.05, 0) is 38.1 Å². The van der Waals surface area contributed by atoms with Crippen LogP contribution in [-0.4, -0.2) is 45.2 Å². The first-order valence-electron chi connectivity index (χ1n) is 7.53. The lowest BCUT2D eigenvalue weighted by Gasteiger charge is -2.13. The highest BCUT2D eigenvalue weighted by atomic mass is 35.5. The van der Waals surface area contributed by atoms with Gasteiger partial charge in [0.15, 0.2) is 6.61 Å². The number of ketones is 1. The maximum absolute atomic E-state index is 12.3. The van der Waals surface area contributed by atoms with E-state index in [9.17, 15) is 18.0 Å². The van der Waals surface area contributed by atoms with Crippen LogP contribution in [0, 0.1) is 13.8 Å². The molecule has 1 aromatic heterocycles. The largest absolute Gasteiger partial charge is 0.454 e. The fourth-order valence-corrected chi connectivity index (χ4v) is 4.29. The van der Waals surface area contributed by atoms with Crippen molar-refractivity contribution in [2.45, 2.75) is 18.7 Å². The molecule has 0 unspecified atom stereocenters. The van der Waals surface area contributed by atoms with Gasteiger partial charge in [0.1, 0.15) is 0 Å². The Bertz CT molecular complexity index is 964. The Morgan fingerprint density at radius 2 is 1.81 bits per heavy atom. The highest BCUT2D eigenvalue weighted by Crippen LogP contribution is 2.24. The number of hydrogen-bond donors (Lipinski definition) is 0. The fourth-order valence-electron chi connectivity index (χ4n) is 2.23. The molecule has 0 spiro atoms. The number of aryl methyl sites for hydroxylation is 2. The third-order valence-electron chi connectivity index (χ3n) is 3.61. The van der Waals surface area contributed by atoms with Crippen molar-refractivity contribution >= 4 is 44.7 Å². The molecule has 0 amide bonds. The molecule has 0 fully saturated rings. The lowest BCUT2D eigenvalue weighted by Crippen LogP contribution is -2.22. The van der Waals surface area contributed by atoms with Crippen LogP contribution in [0.1, 0.15) is 30.5 Å². The number of nitrogens with zero attached hydrogens (tertiary/aromatic N) is 1. The fraction of sp³-hybridized carbons (Fsp3) is 0.294. The summed E-state index contributed by atoms with van der Waals surface area (Å²) in [6.07, 6.45) is 0. The van der Waals surface area contributed by atoms with E-state index in [1.165, 1.54) is 37.6 Å². The van der Waals surface area contributed by atoms with E-state index in [0.717, 1.165) is 20.1 Å². The SMILES string of the molecule is Cc1cc(C(=O)COC(=O)c2cc(S(=O)(=O)N(C)C)ccc2Cl)c(C)s1. The van der Waals surface area contributed by atoms with Gasteiger partial charge in [-0.2, -0.15) is 0 Å². The summed E-state index contributed by atoms with van der Waals surface area (Å²) in [7, 11) is -0.964. The smallest absolute Gasteiger partial charge is 0.340 e. The Morgan fingerprint density at radius 1 is 1.15 bits per heavy atom. The summed E-state index contributed by atoms with van der Waals surface area (Å²) in [6, 6.07) is 5.50. The van der Waals surface area contributed by atoms with Crippen LogP contribution >= 0.6 is 22.9 Å². The van der Waals surface area contributed by atoms with E-state index in [2.05, 4.69) is 0 Å². The summed E-state index contributed by atoms with van der Waals surface area (Å²) >= 11 is 7.47. The number of halogens is 1. The standard InChI is InChI=1S/C17H18ClNO5S2/c1-10-7-13(11(2)25-10)16(20)9-24-17(21)14-8-12(5-6-15(14)18)26(22,23)19(3)4/h5-8H,9H2,1-4H3. The van der Waals surface area contributed by atoms with E-state index in [4.69, 9.17) is 16.3 Å². The van der Waals surface area contributed by atoms with E-state index in [1.54, 1.807) is 6.07 Å². The Morgan fingerprint density at radius 3 is 2.35 bits per heavy atom. The molecule has 140 valence electrons. The van der Waals surface area contributed by atoms with Crippen molar-refractivity contribution < 1.29 is 22.7 Å². The predicted molar refractivity (Wildman–Crippen MR) is 101 cm³/mol. The highest BCUT2D eigenvalue weighted by Gasteiger charge is 2.22. The molecular weight excluding hydrogens is 398 g/mol. The third-order valence-corrected chi connectivity index (χ3v) is 6.72. The summed E-state index contributed by atoms with van der Waals surface area (Å²) in [5.41, 5.74) is 0.399. The number of Topliss-reactive ketones (excluding diaryl/α,β-unsaturated/α-hetero) is 1. The minimum atomic E-state index is -3.73. The molecule has 0 radical (unpaired) electrons. The molecule has 6 nitrogen and oxygen atoms in total. The number of thiophene rings is 1. The zero-order valence-corrected chi connectivity index (χ0v) is 17.1. The number of benzene rings is 1. The predicted octanol–water partition coefficient (Wildman–Crippen LogP) is 3.31. The molecule has 1 heterocycles. The molecule has 2 rings (SSSR count). The minimum absolute atomic E-state index is 0.0442. The zero-order valence-electron chi connectivity index (χ0n) is 14.7. The van der Waals surface area contributed by atoms with Crippen molar-refractivity contribution in [3.63, 3.8) is 0 Å². The van der Waals surface area contributed by atoms with Crippen molar-refractivity contribution in [3.05, 3.63) is 50.2 Å². The van der Waals surface area contributed by atoms with Gasteiger partial charge in [-0.25, -0.2) is 17.5 Å². The first kappa shape index (κ1) is 20.6. The van der Waals surface area contributed by atoms with Gasteiger partial charge < -0.3 is 4.74 Å². The lowest BCUT2D eigenvalue weighted by molar-refractivity contribution is 0.0474. The third kappa shape index (κ3) is 4.32. The average Bonchev–Trinajstić information content (AvgIpc) is 2.90. The van der Waals surface area contributed by atoms with Crippen molar-refractivity contribution in [2.75, 3.05) is 20.7 Å². The zero-order chi connectivity index (χ0) is 19.6. The normalized spacial score (nSPS) is 11.6. The monoisotopic (exact) mass is 415 g/mol. The number of ether oxygens (including phenoxy) is 1. The van der Waals surface area contributed by atoms with Crippen LogP contribution in [0.2, 0.25) is 5.02 Å². The maximum Gasteiger partial charge on any atom is 0.340 e. The Hall–Kier alpha value is -1.74. The molecule has 0 aliphatic heterocycles. The average molecular weight is 416 g/mol. The molecule has 2 aromatic rings. The van der Waals surface area contributed by atoms with Crippen LogP contribution < -0.4 is 0 Å². The number of hydrogen-bond acceptors (Lipinski definition) is 6. The Balaban J connectivity index is 2.19. The van der Waals surface area contributed by atoms with Gasteiger partial charge in [0, 0.05) is 29.4 Å². The first-order chi connectivity index (χ1) is 12.0. The molecule has 26 heavy (non-hydrogen) atoms. The van der Waals surface area contributed by atoms with Gasteiger partial charge in [-0.3, -0.25) is 4.79 Å². The highest BCUT2D eigenvalue weighted by molar-refractivity contribution is 7.89. The van der Waals surface area contributed by atoms with Gasteiger partial charge in [-0.1, -0.05) is 11.6 Å². The quantitative estimate of drug-likeness (QED) is 0.534. The van der Waals surface area contributed by atoms with Crippen LogP contribution in [0.5, 0.6) is 0 Å². The van der Waals surface area contributed by atoms with Gasteiger partial charge in [-0.15, -0.1) is 11.3 Å². The van der Waals surface area contributed by atoms with Crippen LogP contribution in [-0.2, 0) is 14.8 Å². The molecule has 9 heteroatoms. The molecule has 0 saturated heterocycles. The van der Waals surface area contributed by atoms with Crippen LogP contribution in [0.3, 0.4) is 0 Å². The number of sulfonamides is 1. The molecule has 0 aliphatic carbocycles. The first-order valence-corrected chi connectivity index (χ1v) is 10.2. The number of rotatable bonds is 6. The van der Waals surface area contributed by atoms with E-state index in [-0.39, 0.29) is 21.3 Å². The second-order valence-corrected chi connectivity index (χ2v) is 9.77. The minimum Gasteiger partial charge on any atom is -0.454 e. The van der Waals surface area contributed by atoms with Crippen molar-refractivity contribution in [3.8, 4) is 0 Å². The summed E-state index contributed by atoms with van der Waals surface area (Å²) < 4.78 is 30.4. The van der Waals surface area contributed by atoms with Crippen LogP contribution in [0.25, 0.3) is 0 Å². The van der Waals surface area contributed by atoms with E-state index < -0.39 is 22.6 Å². The van der Waals surface area contributed by atoms with Gasteiger partial charge in [0.05, 0.1) is 15.5 Å². The number of carbonyl (C=O) groups is 2. The molecule has 1 aromatic carbocycles. The molecule has 0 aliphatic rings.